The fourth-order valence-electron chi connectivity index (χ4n) is 3.50. The second-order valence-corrected chi connectivity index (χ2v) is 7.39. The maximum atomic E-state index is 12.3. The van der Waals surface area contributed by atoms with Gasteiger partial charge in [-0.05, 0) is 12.5 Å². The van der Waals surface area contributed by atoms with E-state index >= 15 is 0 Å². The van der Waals surface area contributed by atoms with Gasteiger partial charge in [0.25, 0.3) is 0 Å². The summed E-state index contributed by atoms with van der Waals surface area (Å²) in [6.07, 6.45) is 0.273. The summed E-state index contributed by atoms with van der Waals surface area (Å²) in [5.74, 6) is -1.65. The van der Waals surface area contributed by atoms with Gasteiger partial charge < -0.3 is 20.5 Å². The van der Waals surface area contributed by atoms with Crippen molar-refractivity contribution in [3.05, 3.63) is 35.9 Å². The summed E-state index contributed by atoms with van der Waals surface area (Å²) >= 11 is 0. The number of rotatable bonds is 9. The van der Waals surface area contributed by atoms with Crippen LogP contribution in [0.1, 0.15) is 39.2 Å². The number of carbonyl (C=O) groups is 3. The Morgan fingerprint density at radius 1 is 1.19 bits per heavy atom. The van der Waals surface area contributed by atoms with Crippen LogP contribution in [0.3, 0.4) is 0 Å². The number of carboxylic acids is 1. The van der Waals surface area contributed by atoms with Crippen LogP contribution < -0.4 is 10.6 Å². The van der Waals surface area contributed by atoms with E-state index in [1.165, 1.54) is 0 Å². The smallest absolute Gasteiger partial charge is 0.330 e. The molecular weight excluding hydrogens is 348 g/mol. The molecule has 1 saturated carbocycles. The zero-order chi connectivity index (χ0) is 20.1. The van der Waals surface area contributed by atoms with Crippen LogP contribution in [-0.4, -0.2) is 47.7 Å². The quantitative estimate of drug-likeness (QED) is 0.606. The number of amides is 2. The van der Waals surface area contributed by atoms with Crippen molar-refractivity contribution in [2.24, 2.45) is 5.41 Å². The number of nitrogens with one attached hydrogen (secondary N) is 2. The molecule has 0 aliphatic heterocycles. The number of ether oxygens (including phenoxy) is 1. The molecule has 2 amide bonds. The fraction of sp³-hybridized carbons (Fsp3) is 0.550. The highest BCUT2D eigenvalue weighted by atomic mass is 16.5. The van der Waals surface area contributed by atoms with Gasteiger partial charge in [0.15, 0.2) is 0 Å². The van der Waals surface area contributed by atoms with Gasteiger partial charge in [-0.15, -0.1) is 0 Å². The van der Waals surface area contributed by atoms with Crippen LogP contribution in [0.2, 0.25) is 0 Å². The predicted octanol–water partition coefficient (Wildman–Crippen LogP) is 1.51. The number of benzene rings is 1. The first kappa shape index (κ1) is 20.9. The summed E-state index contributed by atoms with van der Waals surface area (Å²) in [6, 6.07) is 9.31. The highest BCUT2D eigenvalue weighted by molar-refractivity contribution is 5.89. The van der Waals surface area contributed by atoms with Crippen LogP contribution in [0.25, 0.3) is 0 Å². The molecule has 2 unspecified atom stereocenters. The molecule has 0 bridgehead atoms. The summed E-state index contributed by atoms with van der Waals surface area (Å²) < 4.78 is 5.58. The van der Waals surface area contributed by atoms with Gasteiger partial charge in [0.1, 0.15) is 5.54 Å². The number of hydrogen-bond acceptors (Lipinski definition) is 4. The van der Waals surface area contributed by atoms with Crippen molar-refractivity contribution in [3.8, 4) is 0 Å². The molecule has 27 heavy (non-hydrogen) atoms. The first-order chi connectivity index (χ1) is 12.7. The van der Waals surface area contributed by atoms with Gasteiger partial charge in [0.05, 0.1) is 12.5 Å². The van der Waals surface area contributed by atoms with Crippen molar-refractivity contribution in [2.45, 2.75) is 51.7 Å². The van der Waals surface area contributed by atoms with E-state index in [4.69, 9.17) is 4.74 Å². The lowest BCUT2D eigenvalue weighted by molar-refractivity contribution is -0.194. The van der Waals surface area contributed by atoms with Crippen molar-refractivity contribution >= 4 is 17.8 Å². The second kappa shape index (κ2) is 8.52. The SMILES string of the molecule is CCOC1CC(NC(=O)CCNC(=O)Cc2ccccc2)(C(=O)O)C1(C)C. The molecular formula is C20H28N2O5. The summed E-state index contributed by atoms with van der Waals surface area (Å²) in [5.41, 5.74) is -1.18. The summed E-state index contributed by atoms with van der Waals surface area (Å²) in [6.45, 7) is 6.07. The van der Waals surface area contributed by atoms with Crippen LogP contribution in [-0.2, 0) is 25.5 Å². The zero-order valence-corrected chi connectivity index (χ0v) is 16.1. The first-order valence-electron chi connectivity index (χ1n) is 9.19. The van der Waals surface area contributed by atoms with E-state index in [1.807, 2.05) is 37.3 Å². The minimum atomic E-state index is -1.35. The maximum absolute atomic E-state index is 12.3. The second-order valence-electron chi connectivity index (χ2n) is 7.39. The number of carboxylic acid groups (broad SMARTS) is 1. The van der Waals surface area contributed by atoms with Crippen molar-refractivity contribution in [1.82, 2.24) is 10.6 Å². The first-order valence-corrected chi connectivity index (χ1v) is 9.19. The van der Waals surface area contributed by atoms with Gasteiger partial charge in [-0.2, -0.15) is 0 Å². The van der Waals surface area contributed by atoms with Crippen molar-refractivity contribution in [2.75, 3.05) is 13.2 Å². The van der Waals surface area contributed by atoms with Gasteiger partial charge in [0.2, 0.25) is 11.8 Å². The van der Waals surface area contributed by atoms with Crippen molar-refractivity contribution in [1.29, 1.82) is 0 Å². The van der Waals surface area contributed by atoms with E-state index in [2.05, 4.69) is 10.6 Å². The normalized spacial score (nSPS) is 23.1. The lowest BCUT2D eigenvalue weighted by Gasteiger charge is -2.58. The van der Waals surface area contributed by atoms with Crippen LogP contribution in [0, 0.1) is 5.41 Å². The molecule has 7 heteroatoms. The van der Waals surface area contributed by atoms with E-state index < -0.39 is 22.8 Å². The van der Waals surface area contributed by atoms with Crippen LogP contribution >= 0.6 is 0 Å². The Hall–Kier alpha value is -2.41. The molecule has 0 aromatic heterocycles. The average Bonchev–Trinajstić information content (AvgIpc) is 2.61. The van der Waals surface area contributed by atoms with Crippen LogP contribution in [0.15, 0.2) is 30.3 Å². The highest BCUT2D eigenvalue weighted by Crippen LogP contribution is 2.51. The molecule has 0 radical (unpaired) electrons. The van der Waals surface area contributed by atoms with Gasteiger partial charge in [-0.25, -0.2) is 4.79 Å². The van der Waals surface area contributed by atoms with Crippen molar-refractivity contribution < 1.29 is 24.2 Å². The third-order valence-corrected chi connectivity index (χ3v) is 5.36. The van der Waals surface area contributed by atoms with E-state index in [9.17, 15) is 19.5 Å². The molecule has 1 aromatic carbocycles. The van der Waals surface area contributed by atoms with Gasteiger partial charge in [-0.3, -0.25) is 9.59 Å². The zero-order valence-electron chi connectivity index (χ0n) is 16.1. The summed E-state index contributed by atoms with van der Waals surface area (Å²) in [4.78, 5) is 36.1. The topological polar surface area (TPSA) is 105 Å². The highest BCUT2D eigenvalue weighted by Gasteiger charge is 2.66. The Kier molecular flexibility index (Phi) is 6.59. The minimum absolute atomic E-state index is 0.0188. The van der Waals surface area contributed by atoms with Crippen molar-refractivity contribution in [3.63, 3.8) is 0 Å². The molecule has 7 nitrogen and oxygen atoms in total. The predicted molar refractivity (Wildman–Crippen MR) is 100 cm³/mol. The molecule has 1 aromatic rings. The summed E-state index contributed by atoms with van der Waals surface area (Å²) in [5, 5.41) is 15.0. The third-order valence-electron chi connectivity index (χ3n) is 5.36. The molecule has 2 atom stereocenters. The standard InChI is InChI=1S/C20H28N2O5/c1-4-27-15-13-20(18(25)26,19(15,2)3)22-16(23)10-11-21-17(24)12-14-8-6-5-7-9-14/h5-9,15H,4,10-13H2,1-3H3,(H,21,24)(H,22,23)(H,25,26). The molecule has 1 fully saturated rings. The molecule has 0 saturated heterocycles. The summed E-state index contributed by atoms with van der Waals surface area (Å²) in [7, 11) is 0. The van der Waals surface area contributed by atoms with E-state index in [-0.39, 0.29) is 37.8 Å². The number of aliphatic carboxylic acids is 1. The monoisotopic (exact) mass is 376 g/mol. The maximum Gasteiger partial charge on any atom is 0.330 e. The van der Waals surface area contributed by atoms with E-state index in [0.29, 0.717) is 6.61 Å². The average molecular weight is 376 g/mol. The Labute approximate surface area is 159 Å². The Bertz CT molecular complexity index is 689. The lowest BCUT2D eigenvalue weighted by Crippen LogP contribution is -2.76. The molecule has 1 aliphatic rings. The van der Waals surface area contributed by atoms with Crippen LogP contribution in [0.5, 0.6) is 0 Å². The van der Waals surface area contributed by atoms with Gasteiger partial charge in [0, 0.05) is 31.4 Å². The molecule has 1 aliphatic carbocycles. The molecule has 2 rings (SSSR count). The molecule has 0 heterocycles. The fourth-order valence-corrected chi connectivity index (χ4v) is 3.50. The van der Waals surface area contributed by atoms with Crippen LogP contribution in [0.4, 0.5) is 0 Å². The van der Waals surface area contributed by atoms with E-state index in [0.717, 1.165) is 5.56 Å². The van der Waals surface area contributed by atoms with Gasteiger partial charge >= 0.3 is 5.97 Å². The molecule has 148 valence electrons. The molecule has 3 N–H and O–H groups in total. The Morgan fingerprint density at radius 3 is 2.41 bits per heavy atom. The minimum Gasteiger partial charge on any atom is -0.479 e. The third kappa shape index (κ3) is 4.47. The Morgan fingerprint density at radius 2 is 1.85 bits per heavy atom. The van der Waals surface area contributed by atoms with E-state index in [1.54, 1.807) is 13.8 Å². The molecule has 0 spiro atoms. The number of carbonyl (C=O) groups excluding carboxylic acids is 2. The lowest BCUT2D eigenvalue weighted by atomic mass is 9.54. The largest absolute Gasteiger partial charge is 0.479 e. The Balaban J connectivity index is 1.83. The number of hydrogen-bond donors (Lipinski definition) is 3. The van der Waals surface area contributed by atoms with Gasteiger partial charge in [-0.1, -0.05) is 44.2 Å².